The largest absolute Gasteiger partial charge is 0.497 e. The Labute approximate surface area is 210 Å². The van der Waals surface area contributed by atoms with E-state index in [0.29, 0.717) is 6.61 Å². The molecule has 0 spiro atoms. The van der Waals surface area contributed by atoms with E-state index in [2.05, 4.69) is 122 Å². The predicted molar refractivity (Wildman–Crippen MR) is 144 cm³/mol. The third-order valence-corrected chi connectivity index (χ3v) is 6.75. The van der Waals surface area contributed by atoms with Crippen LogP contribution in [0.2, 0.25) is 0 Å². The summed E-state index contributed by atoms with van der Waals surface area (Å²) in [5, 5.41) is 0. The first-order chi connectivity index (χ1) is 17.1. The molecule has 35 heavy (non-hydrogen) atoms. The van der Waals surface area contributed by atoms with Crippen LogP contribution in [0.4, 0.5) is 0 Å². The summed E-state index contributed by atoms with van der Waals surface area (Å²) >= 11 is 0. The SMILES string of the molecule is COc1ccc(CCN(C)[C@@H](C)COC(c2ccccc2)(c2ccccc2)c2ccccc2)cc1. The molecule has 0 amide bonds. The Morgan fingerprint density at radius 3 is 1.57 bits per heavy atom. The van der Waals surface area contributed by atoms with Gasteiger partial charge in [-0.2, -0.15) is 0 Å². The van der Waals surface area contributed by atoms with Gasteiger partial charge in [0, 0.05) is 12.6 Å². The van der Waals surface area contributed by atoms with E-state index >= 15 is 0 Å². The van der Waals surface area contributed by atoms with E-state index in [1.165, 1.54) is 5.56 Å². The molecule has 4 aromatic rings. The summed E-state index contributed by atoms with van der Waals surface area (Å²) in [6.07, 6.45) is 0.978. The molecule has 0 aromatic heterocycles. The van der Waals surface area contributed by atoms with E-state index in [1.54, 1.807) is 7.11 Å². The van der Waals surface area contributed by atoms with Crippen LogP contribution in [0, 0.1) is 0 Å². The van der Waals surface area contributed by atoms with Crippen LogP contribution in [-0.4, -0.2) is 38.3 Å². The van der Waals surface area contributed by atoms with Gasteiger partial charge in [-0.05, 0) is 54.8 Å². The number of benzene rings is 4. The van der Waals surface area contributed by atoms with Crippen LogP contribution in [0.5, 0.6) is 5.75 Å². The minimum absolute atomic E-state index is 0.240. The second-order valence-corrected chi connectivity index (χ2v) is 9.02. The fourth-order valence-electron chi connectivity index (χ4n) is 4.46. The average molecular weight is 466 g/mol. The molecule has 180 valence electrons. The number of ether oxygens (including phenoxy) is 2. The standard InChI is InChI=1S/C32H35NO2/c1-26(33(2)24-23-27-19-21-31(34-3)22-20-27)25-35-32(28-13-7-4-8-14-28,29-15-9-5-10-16-29)30-17-11-6-12-18-30/h4-22,26H,23-25H2,1-3H3/t26-/m0/s1. The maximum atomic E-state index is 6.99. The van der Waals surface area contributed by atoms with Crippen molar-refractivity contribution in [1.82, 2.24) is 4.90 Å². The normalized spacial score (nSPS) is 12.5. The second kappa shape index (κ2) is 11.8. The lowest BCUT2D eigenvalue weighted by Gasteiger charge is -2.38. The number of nitrogens with zero attached hydrogens (tertiary/aromatic N) is 1. The van der Waals surface area contributed by atoms with Crippen LogP contribution in [0.1, 0.15) is 29.2 Å². The monoisotopic (exact) mass is 465 g/mol. The first-order valence-electron chi connectivity index (χ1n) is 12.3. The fourth-order valence-corrected chi connectivity index (χ4v) is 4.46. The Morgan fingerprint density at radius 2 is 1.14 bits per heavy atom. The van der Waals surface area contributed by atoms with E-state index in [1.807, 2.05) is 12.1 Å². The molecule has 0 fully saturated rings. The first-order valence-corrected chi connectivity index (χ1v) is 12.3. The highest BCUT2D eigenvalue weighted by Gasteiger charge is 2.38. The van der Waals surface area contributed by atoms with E-state index in [-0.39, 0.29) is 6.04 Å². The van der Waals surface area contributed by atoms with Crippen molar-refractivity contribution in [3.63, 3.8) is 0 Å². The Kier molecular flexibility index (Phi) is 8.36. The van der Waals surface area contributed by atoms with Gasteiger partial charge < -0.3 is 14.4 Å². The molecule has 0 heterocycles. The lowest BCUT2D eigenvalue weighted by atomic mass is 9.80. The van der Waals surface area contributed by atoms with Crippen molar-refractivity contribution in [1.29, 1.82) is 0 Å². The van der Waals surface area contributed by atoms with E-state index < -0.39 is 5.60 Å². The van der Waals surface area contributed by atoms with E-state index in [9.17, 15) is 0 Å². The minimum Gasteiger partial charge on any atom is -0.497 e. The molecule has 3 heteroatoms. The van der Waals surface area contributed by atoms with Crippen LogP contribution in [0.25, 0.3) is 0 Å². The molecule has 0 N–H and O–H groups in total. The molecule has 0 aliphatic carbocycles. The summed E-state index contributed by atoms with van der Waals surface area (Å²) in [6.45, 7) is 3.78. The van der Waals surface area contributed by atoms with Crippen molar-refractivity contribution in [2.45, 2.75) is 25.0 Å². The van der Waals surface area contributed by atoms with Gasteiger partial charge >= 0.3 is 0 Å². The van der Waals surface area contributed by atoms with Gasteiger partial charge in [0.1, 0.15) is 11.4 Å². The summed E-state index contributed by atoms with van der Waals surface area (Å²) < 4.78 is 12.3. The molecule has 0 aliphatic heterocycles. The molecule has 0 radical (unpaired) electrons. The van der Waals surface area contributed by atoms with Crippen molar-refractivity contribution in [3.05, 3.63) is 138 Å². The smallest absolute Gasteiger partial charge is 0.143 e. The van der Waals surface area contributed by atoms with Crippen molar-refractivity contribution < 1.29 is 9.47 Å². The quantitative estimate of drug-likeness (QED) is 0.234. The lowest BCUT2D eigenvalue weighted by Crippen LogP contribution is -2.40. The summed E-state index contributed by atoms with van der Waals surface area (Å²) in [6, 6.07) is 40.2. The lowest BCUT2D eigenvalue weighted by molar-refractivity contribution is -0.0152. The van der Waals surface area contributed by atoms with Gasteiger partial charge in [-0.15, -0.1) is 0 Å². The van der Waals surface area contributed by atoms with Crippen molar-refractivity contribution in [2.75, 3.05) is 27.3 Å². The van der Waals surface area contributed by atoms with Gasteiger partial charge in [0.2, 0.25) is 0 Å². The van der Waals surface area contributed by atoms with Gasteiger partial charge in [-0.3, -0.25) is 0 Å². The number of hydrogen-bond acceptors (Lipinski definition) is 3. The van der Waals surface area contributed by atoms with Gasteiger partial charge in [-0.25, -0.2) is 0 Å². The number of likely N-dealkylation sites (N-methyl/N-ethyl adjacent to an activating group) is 1. The van der Waals surface area contributed by atoms with Crippen LogP contribution < -0.4 is 4.74 Å². The Hall–Kier alpha value is -3.40. The molecule has 1 atom stereocenters. The van der Waals surface area contributed by atoms with E-state index in [4.69, 9.17) is 9.47 Å². The predicted octanol–water partition coefficient (Wildman–Crippen LogP) is 6.57. The van der Waals surface area contributed by atoms with Crippen molar-refractivity contribution in [2.24, 2.45) is 0 Å². The van der Waals surface area contributed by atoms with Gasteiger partial charge in [-0.1, -0.05) is 103 Å². The molecule has 4 aromatic carbocycles. The molecule has 3 nitrogen and oxygen atoms in total. The highest BCUT2D eigenvalue weighted by Crippen LogP contribution is 2.40. The Balaban J connectivity index is 1.56. The molecule has 0 saturated heterocycles. The highest BCUT2D eigenvalue weighted by molar-refractivity contribution is 5.47. The first kappa shape index (κ1) is 24.7. The Bertz CT molecular complexity index is 1050. The topological polar surface area (TPSA) is 21.7 Å². The van der Waals surface area contributed by atoms with Gasteiger partial charge in [0.25, 0.3) is 0 Å². The molecule has 4 rings (SSSR count). The second-order valence-electron chi connectivity index (χ2n) is 9.02. The number of hydrogen-bond donors (Lipinski definition) is 0. The third kappa shape index (κ3) is 5.82. The maximum Gasteiger partial charge on any atom is 0.143 e. The van der Waals surface area contributed by atoms with Crippen molar-refractivity contribution >= 4 is 0 Å². The van der Waals surface area contributed by atoms with Crippen LogP contribution in [0.15, 0.2) is 115 Å². The zero-order valence-corrected chi connectivity index (χ0v) is 20.9. The van der Waals surface area contributed by atoms with Crippen LogP contribution in [0.3, 0.4) is 0 Å². The minimum atomic E-state index is -0.686. The summed E-state index contributed by atoms with van der Waals surface area (Å²) in [7, 11) is 3.87. The van der Waals surface area contributed by atoms with Crippen molar-refractivity contribution in [3.8, 4) is 5.75 Å². The maximum absolute atomic E-state index is 6.99. The van der Waals surface area contributed by atoms with E-state index in [0.717, 1.165) is 35.4 Å². The highest BCUT2D eigenvalue weighted by atomic mass is 16.5. The molecule has 0 bridgehead atoms. The third-order valence-electron chi connectivity index (χ3n) is 6.75. The van der Waals surface area contributed by atoms with Gasteiger partial charge in [0.15, 0.2) is 0 Å². The number of rotatable bonds is 11. The summed E-state index contributed by atoms with van der Waals surface area (Å²) in [5.41, 5.74) is 4.01. The van der Waals surface area contributed by atoms with Gasteiger partial charge in [0.05, 0.1) is 13.7 Å². The molecule has 0 unspecified atom stereocenters. The van der Waals surface area contributed by atoms with Crippen LogP contribution in [-0.2, 0) is 16.8 Å². The van der Waals surface area contributed by atoms with Crippen LogP contribution >= 0.6 is 0 Å². The molecule has 0 aliphatic rings. The summed E-state index contributed by atoms with van der Waals surface area (Å²) in [5.74, 6) is 0.892. The number of methoxy groups -OCH3 is 1. The summed E-state index contributed by atoms with van der Waals surface area (Å²) in [4.78, 5) is 2.37. The fraction of sp³-hybridized carbons (Fsp3) is 0.250. The molecular formula is C32H35NO2. The Morgan fingerprint density at radius 1 is 0.686 bits per heavy atom. The molecule has 0 saturated carbocycles. The average Bonchev–Trinajstić information content (AvgIpc) is 2.94. The zero-order valence-electron chi connectivity index (χ0n) is 20.9. The molecular weight excluding hydrogens is 430 g/mol. The zero-order chi connectivity index (χ0) is 24.5.